The largest absolute Gasteiger partial charge is 0.395 e. The summed E-state index contributed by atoms with van der Waals surface area (Å²) < 4.78 is 0. The van der Waals surface area contributed by atoms with Crippen molar-refractivity contribution in [2.75, 3.05) is 18.5 Å². The topological polar surface area (TPSA) is 65.5 Å². The summed E-state index contributed by atoms with van der Waals surface area (Å²) in [7, 11) is 0. The van der Waals surface area contributed by atoms with Gasteiger partial charge in [0, 0.05) is 18.0 Å². The molecular formula is C18H23N3O2S. The first kappa shape index (κ1) is 17.1. The monoisotopic (exact) mass is 345 g/mol. The van der Waals surface area contributed by atoms with Crippen LogP contribution in [0, 0.1) is 12.8 Å². The van der Waals surface area contributed by atoms with Crippen LogP contribution in [-0.2, 0) is 11.3 Å². The van der Waals surface area contributed by atoms with Crippen molar-refractivity contribution < 1.29 is 9.90 Å². The van der Waals surface area contributed by atoms with Crippen molar-refractivity contribution in [3.8, 4) is 0 Å². The normalized spacial score (nSPS) is 15.5. The highest BCUT2D eigenvalue weighted by Gasteiger charge is 2.35. The predicted octanol–water partition coefficient (Wildman–Crippen LogP) is 2.66. The predicted molar refractivity (Wildman–Crippen MR) is 95.9 cm³/mol. The van der Waals surface area contributed by atoms with E-state index in [1.165, 1.54) is 11.3 Å². The molecule has 0 aliphatic heterocycles. The van der Waals surface area contributed by atoms with Crippen LogP contribution in [0.25, 0.3) is 0 Å². The molecule has 0 radical (unpaired) electrons. The minimum absolute atomic E-state index is 0.0361. The smallest absolute Gasteiger partial charge is 0.240 e. The van der Waals surface area contributed by atoms with Gasteiger partial charge in [0.15, 0.2) is 5.13 Å². The summed E-state index contributed by atoms with van der Waals surface area (Å²) in [6, 6.07) is 10.1. The molecule has 1 heterocycles. The Labute approximate surface area is 146 Å². The molecule has 0 bridgehead atoms. The lowest BCUT2D eigenvalue weighted by Gasteiger charge is -2.30. The van der Waals surface area contributed by atoms with Crippen molar-refractivity contribution in [3.05, 3.63) is 47.0 Å². The number of carbonyl (C=O) groups is 1. The average Bonchev–Trinajstić information content (AvgIpc) is 3.31. The van der Waals surface area contributed by atoms with Crippen LogP contribution in [0.4, 0.5) is 5.13 Å². The van der Waals surface area contributed by atoms with E-state index in [4.69, 9.17) is 0 Å². The number of benzene rings is 1. The molecule has 2 aromatic rings. The maximum atomic E-state index is 12.4. The number of nitrogens with zero attached hydrogens (tertiary/aromatic N) is 2. The third kappa shape index (κ3) is 4.63. The van der Waals surface area contributed by atoms with E-state index in [0.29, 0.717) is 17.6 Å². The van der Waals surface area contributed by atoms with Gasteiger partial charge in [-0.3, -0.25) is 9.69 Å². The molecule has 2 N–H and O–H groups in total. The molecule has 0 spiro atoms. The summed E-state index contributed by atoms with van der Waals surface area (Å²) in [5.74, 6) is 0.410. The highest BCUT2D eigenvalue weighted by atomic mass is 32.1. The van der Waals surface area contributed by atoms with E-state index in [1.54, 1.807) is 0 Å². The van der Waals surface area contributed by atoms with Gasteiger partial charge < -0.3 is 10.4 Å². The van der Waals surface area contributed by atoms with Crippen LogP contribution < -0.4 is 5.32 Å². The third-order valence-electron chi connectivity index (χ3n) is 4.26. The molecule has 1 aromatic heterocycles. The number of carbonyl (C=O) groups excluding carboxylic acids is 1. The Bertz CT molecular complexity index is 670. The number of aliphatic hydroxyl groups excluding tert-OH is 1. The standard InChI is InChI=1S/C18H23N3O2S/c1-13-12-24-18(19-13)20-17(23)10-21(16(11-22)15-7-8-15)9-14-5-3-2-4-6-14/h2-6,12,15-16,22H,7-11H2,1H3,(H,19,20,23). The fourth-order valence-electron chi connectivity index (χ4n) is 2.91. The number of anilines is 1. The van der Waals surface area contributed by atoms with Gasteiger partial charge in [-0.05, 0) is 31.2 Å². The van der Waals surface area contributed by atoms with Gasteiger partial charge >= 0.3 is 0 Å². The van der Waals surface area contributed by atoms with Crippen molar-refractivity contribution in [2.24, 2.45) is 5.92 Å². The molecule has 1 aliphatic rings. The van der Waals surface area contributed by atoms with Crippen LogP contribution in [0.5, 0.6) is 0 Å². The summed E-state index contributed by atoms with van der Waals surface area (Å²) >= 11 is 1.43. The molecule has 128 valence electrons. The number of hydrogen-bond donors (Lipinski definition) is 2. The molecule has 1 amide bonds. The molecule has 0 saturated heterocycles. The Balaban J connectivity index is 1.67. The van der Waals surface area contributed by atoms with E-state index in [0.717, 1.165) is 24.1 Å². The van der Waals surface area contributed by atoms with E-state index < -0.39 is 0 Å². The molecule has 1 atom stereocenters. The zero-order valence-electron chi connectivity index (χ0n) is 13.8. The van der Waals surface area contributed by atoms with Gasteiger partial charge in [0.05, 0.1) is 18.8 Å². The maximum Gasteiger partial charge on any atom is 0.240 e. The first-order valence-corrected chi connectivity index (χ1v) is 9.14. The van der Waals surface area contributed by atoms with Gasteiger partial charge in [0.2, 0.25) is 5.91 Å². The fraction of sp³-hybridized carbons (Fsp3) is 0.444. The summed E-state index contributed by atoms with van der Waals surface area (Å²) in [5.41, 5.74) is 2.05. The van der Waals surface area contributed by atoms with E-state index in [9.17, 15) is 9.90 Å². The molecule has 3 rings (SSSR count). The van der Waals surface area contributed by atoms with E-state index in [-0.39, 0.29) is 25.1 Å². The molecule has 1 aromatic carbocycles. The van der Waals surface area contributed by atoms with Gasteiger partial charge in [-0.25, -0.2) is 4.98 Å². The second kappa shape index (κ2) is 7.88. The molecule has 24 heavy (non-hydrogen) atoms. The van der Waals surface area contributed by atoms with Crippen LogP contribution >= 0.6 is 11.3 Å². The number of thiazole rings is 1. The van der Waals surface area contributed by atoms with Gasteiger partial charge in [-0.15, -0.1) is 11.3 Å². The lowest BCUT2D eigenvalue weighted by Crippen LogP contribution is -2.43. The number of aliphatic hydroxyl groups is 1. The van der Waals surface area contributed by atoms with Crippen molar-refractivity contribution in [1.82, 2.24) is 9.88 Å². The van der Waals surface area contributed by atoms with E-state index in [1.807, 2.05) is 30.5 Å². The molecular weight excluding hydrogens is 322 g/mol. The van der Waals surface area contributed by atoms with Crippen molar-refractivity contribution >= 4 is 22.4 Å². The first-order valence-electron chi connectivity index (χ1n) is 8.26. The van der Waals surface area contributed by atoms with Gasteiger partial charge in [-0.1, -0.05) is 30.3 Å². The van der Waals surface area contributed by atoms with Crippen molar-refractivity contribution in [1.29, 1.82) is 0 Å². The van der Waals surface area contributed by atoms with Crippen LogP contribution in [-0.4, -0.2) is 40.1 Å². The first-order chi connectivity index (χ1) is 11.7. The number of nitrogens with one attached hydrogen (secondary N) is 1. The van der Waals surface area contributed by atoms with Crippen LogP contribution in [0.1, 0.15) is 24.1 Å². The van der Waals surface area contributed by atoms with Crippen molar-refractivity contribution in [2.45, 2.75) is 32.4 Å². The fourth-order valence-corrected chi connectivity index (χ4v) is 3.61. The van der Waals surface area contributed by atoms with Crippen LogP contribution in [0.3, 0.4) is 0 Å². The van der Waals surface area contributed by atoms with E-state index in [2.05, 4.69) is 27.3 Å². The zero-order valence-corrected chi connectivity index (χ0v) is 14.6. The summed E-state index contributed by atoms with van der Waals surface area (Å²) in [6.07, 6.45) is 2.26. The highest BCUT2D eigenvalue weighted by molar-refractivity contribution is 7.13. The second-order valence-corrected chi connectivity index (χ2v) is 7.18. The number of aryl methyl sites for hydroxylation is 1. The van der Waals surface area contributed by atoms with Gasteiger partial charge in [0.25, 0.3) is 0 Å². The van der Waals surface area contributed by atoms with Crippen LogP contribution in [0.2, 0.25) is 0 Å². The molecule has 1 fully saturated rings. The Morgan fingerprint density at radius 2 is 2.17 bits per heavy atom. The number of hydrogen-bond acceptors (Lipinski definition) is 5. The number of rotatable bonds is 8. The molecule has 1 aliphatic carbocycles. The zero-order chi connectivity index (χ0) is 16.9. The lowest BCUT2D eigenvalue weighted by molar-refractivity contribution is -0.118. The maximum absolute atomic E-state index is 12.4. The number of amides is 1. The summed E-state index contributed by atoms with van der Waals surface area (Å²) in [4.78, 5) is 18.8. The Kier molecular flexibility index (Phi) is 5.60. The molecule has 5 nitrogen and oxygen atoms in total. The van der Waals surface area contributed by atoms with E-state index >= 15 is 0 Å². The highest BCUT2D eigenvalue weighted by Crippen LogP contribution is 2.35. The summed E-state index contributed by atoms with van der Waals surface area (Å²) in [5, 5.41) is 15.2. The lowest BCUT2D eigenvalue weighted by atomic mass is 10.1. The quantitative estimate of drug-likeness (QED) is 0.772. The van der Waals surface area contributed by atoms with Gasteiger partial charge in [0.1, 0.15) is 0 Å². The van der Waals surface area contributed by atoms with Gasteiger partial charge in [-0.2, -0.15) is 0 Å². The average molecular weight is 345 g/mol. The number of aromatic nitrogens is 1. The van der Waals surface area contributed by atoms with Crippen LogP contribution in [0.15, 0.2) is 35.7 Å². The molecule has 1 saturated carbocycles. The SMILES string of the molecule is Cc1csc(NC(=O)CN(Cc2ccccc2)C(CO)C2CC2)n1. The second-order valence-electron chi connectivity index (χ2n) is 6.32. The Morgan fingerprint density at radius 1 is 1.42 bits per heavy atom. The minimum atomic E-state index is -0.0839. The Morgan fingerprint density at radius 3 is 2.75 bits per heavy atom. The third-order valence-corrected chi connectivity index (χ3v) is 5.14. The minimum Gasteiger partial charge on any atom is -0.395 e. The summed E-state index contributed by atoms with van der Waals surface area (Å²) in [6.45, 7) is 2.91. The van der Waals surface area contributed by atoms with Crippen molar-refractivity contribution in [3.63, 3.8) is 0 Å². The molecule has 1 unspecified atom stereocenters. The Hall–Kier alpha value is -1.76. The molecule has 6 heteroatoms.